The molecule has 2 aromatic carbocycles. The van der Waals surface area contributed by atoms with Gasteiger partial charge in [0, 0.05) is 35.7 Å². The maximum absolute atomic E-state index is 12.7. The molecule has 1 amide bonds. The summed E-state index contributed by atoms with van der Waals surface area (Å²) in [6, 6.07) is 7.47. The van der Waals surface area contributed by atoms with Gasteiger partial charge in [0.15, 0.2) is 18.1 Å². The fraction of sp³-hybridized carbons (Fsp3) is 0.614. The lowest BCUT2D eigenvalue weighted by molar-refractivity contribution is -0.138. The Balaban J connectivity index is 0.898. The van der Waals surface area contributed by atoms with Crippen molar-refractivity contribution in [2.45, 2.75) is 37.9 Å². The van der Waals surface area contributed by atoms with E-state index in [4.69, 9.17) is 71.5 Å². The van der Waals surface area contributed by atoms with E-state index in [2.05, 4.69) is 17.1 Å². The zero-order chi connectivity index (χ0) is 44.7. The molecule has 19 nitrogen and oxygen atoms in total. The van der Waals surface area contributed by atoms with E-state index in [1.165, 1.54) is 0 Å². The first-order chi connectivity index (χ1) is 30.8. The van der Waals surface area contributed by atoms with Gasteiger partial charge in [0.25, 0.3) is 5.91 Å². The predicted molar refractivity (Wildman–Crippen MR) is 226 cm³/mol. The monoisotopic (exact) mass is 890 g/mol. The number of carboxylic acids is 1. The third-order valence-corrected chi connectivity index (χ3v) is 9.88. The smallest absolute Gasteiger partial charge is 0.305 e. The molecule has 0 bridgehead atoms. The van der Waals surface area contributed by atoms with Crippen LogP contribution in [0.2, 0.25) is 0 Å². The number of fused-ring (bicyclic) bond motifs is 6. The average Bonchev–Trinajstić information content (AvgIpc) is 3.73. The zero-order valence-electron chi connectivity index (χ0n) is 36.5. The van der Waals surface area contributed by atoms with Gasteiger partial charge in [-0.25, -0.2) is 0 Å². The van der Waals surface area contributed by atoms with E-state index < -0.39 is 12.1 Å². The number of hydrogen-bond donors (Lipinski definition) is 2. The lowest BCUT2D eigenvalue weighted by atomic mass is 9.80. The molecule has 0 saturated heterocycles. The quantitative estimate of drug-likeness (QED) is 0.0600. The van der Waals surface area contributed by atoms with Gasteiger partial charge >= 0.3 is 5.97 Å². The molecule has 0 radical (unpaired) electrons. The molecule has 0 spiro atoms. The van der Waals surface area contributed by atoms with E-state index in [1.54, 1.807) is 20.3 Å². The van der Waals surface area contributed by atoms with Crippen molar-refractivity contribution in [3.63, 3.8) is 0 Å². The van der Waals surface area contributed by atoms with E-state index in [-0.39, 0.29) is 50.7 Å². The molecular formula is C44H62N2O17. The van der Waals surface area contributed by atoms with Crippen LogP contribution < -0.4 is 29.0 Å². The Bertz CT molecular complexity index is 1770. The summed E-state index contributed by atoms with van der Waals surface area (Å²) >= 11 is 0. The number of methoxy groups -OCH3 is 2. The molecule has 2 N–H and O–H groups in total. The molecule has 2 aromatic rings. The maximum Gasteiger partial charge on any atom is 0.305 e. The van der Waals surface area contributed by atoms with Gasteiger partial charge in [-0.05, 0) is 30.7 Å². The molecule has 3 heterocycles. The highest BCUT2D eigenvalue weighted by Gasteiger charge is 2.45. The van der Waals surface area contributed by atoms with Gasteiger partial charge in [-0.2, -0.15) is 0 Å². The van der Waals surface area contributed by atoms with E-state index in [9.17, 15) is 9.59 Å². The van der Waals surface area contributed by atoms with E-state index in [0.717, 1.165) is 28.0 Å². The van der Waals surface area contributed by atoms with Crippen molar-refractivity contribution >= 4 is 17.6 Å². The first-order valence-corrected chi connectivity index (χ1v) is 21.1. The number of rotatable bonds is 33. The Hall–Kier alpha value is -4.73. The fourth-order valence-electron chi connectivity index (χ4n) is 6.74. The number of oxime groups is 1. The van der Waals surface area contributed by atoms with Crippen molar-refractivity contribution in [1.29, 1.82) is 0 Å². The summed E-state index contributed by atoms with van der Waals surface area (Å²) in [6.45, 7) is 12.6. The Morgan fingerprint density at radius 1 is 0.746 bits per heavy atom. The highest BCUT2D eigenvalue weighted by molar-refractivity contribution is 6.09. The molecule has 3 aliphatic heterocycles. The van der Waals surface area contributed by atoms with Crippen molar-refractivity contribution in [3.8, 4) is 28.7 Å². The van der Waals surface area contributed by atoms with E-state index in [0.29, 0.717) is 134 Å². The summed E-state index contributed by atoms with van der Waals surface area (Å²) in [5.41, 5.74) is 4.00. The number of nitrogens with one attached hydrogen (secondary N) is 1. The van der Waals surface area contributed by atoms with Gasteiger partial charge in [-0.3, -0.25) is 9.59 Å². The van der Waals surface area contributed by atoms with Crippen LogP contribution in [0.25, 0.3) is 0 Å². The first kappa shape index (κ1) is 49.3. The second-order valence-electron chi connectivity index (χ2n) is 14.4. The normalized spacial score (nSPS) is 17.6. The van der Waals surface area contributed by atoms with Crippen molar-refractivity contribution in [2.24, 2.45) is 5.16 Å². The van der Waals surface area contributed by atoms with Crippen LogP contribution in [0.5, 0.6) is 28.7 Å². The molecule has 3 atom stereocenters. The number of carbonyl (C=O) groups excluding carboxylic acids is 1. The molecule has 19 heteroatoms. The van der Waals surface area contributed by atoms with Crippen molar-refractivity contribution in [2.75, 3.05) is 140 Å². The van der Waals surface area contributed by atoms with Crippen molar-refractivity contribution in [1.82, 2.24) is 5.32 Å². The van der Waals surface area contributed by atoms with Crippen molar-refractivity contribution < 1.29 is 81.1 Å². The molecule has 350 valence electrons. The van der Waals surface area contributed by atoms with Gasteiger partial charge < -0.3 is 76.8 Å². The molecule has 0 saturated carbocycles. The molecule has 0 aromatic heterocycles. The lowest BCUT2D eigenvalue weighted by Crippen LogP contribution is -2.43. The van der Waals surface area contributed by atoms with Crippen LogP contribution in [-0.2, 0) is 58.7 Å². The third-order valence-electron chi connectivity index (χ3n) is 9.88. The average molecular weight is 891 g/mol. The SMILES string of the molecule is C=C(C)[C@H]1Cc2c(ccc3c2OC2COc4cc(OC)c(OC)cc4[C@@H]2/C3=N/OCC(=O)NCCOCCOCCOCCOCCOCCOCCOCCOCCC(=O)O)O1. The van der Waals surface area contributed by atoms with Gasteiger partial charge in [0.1, 0.15) is 41.8 Å². The Morgan fingerprint density at radius 3 is 1.83 bits per heavy atom. The zero-order valence-corrected chi connectivity index (χ0v) is 36.5. The van der Waals surface area contributed by atoms with Gasteiger partial charge in [0.2, 0.25) is 0 Å². The van der Waals surface area contributed by atoms with Crippen LogP contribution in [0.1, 0.15) is 36.0 Å². The minimum atomic E-state index is -0.885. The van der Waals surface area contributed by atoms with Crippen LogP contribution in [0.3, 0.4) is 0 Å². The maximum atomic E-state index is 12.7. The number of hydrogen-bond acceptors (Lipinski definition) is 17. The first-order valence-electron chi connectivity index (χ1n) is 21.1. The van der Waals surface area contributed by atoms with E-state index >= 15 is 0 Å². The summed E-state index contributed by atoms with van der Waals surface area (Å²) < 4.78 is 73.6. The predicted octanol–water partition coefficient (Wildman–Crippen LogP) is 2.97. The largest absolute Gasteiger partial charge is 0.493 e. The number of benzene rings is 2. The standard InChI is InChI=1S/C44H62N2O17/c1-30(2)35-26-33-34(62-35)6-5-31-43(42-32-25-37(50-3)38(51-4)27-36(32)60-28-39(42)63-44(31)33)46-61-29-40(47)45-8-10-53-12-14-55-16-18-57-20-22-59-24-23-58-21-19-56-17-15-54-13-11-52-9-7-41(48)49/h5-6,25,27,35,39,42H,1,7-24,26,28-29H2,2-4H3,(H,45,47)(H,48,49)/b46-43+/t35-,39?,42+/m1/s1. The number of nitrogens with zero attached hydrogens (tertiary/aromatic N) is 1. The Kier molecular flexibility index (Phi) is 21.5. The molecular weight excluding hydrogens is 828 g/mol. The Morgan fingerprint density at radius 2 is 1.29 bits per heavy atom. The second kappa shape index (κ2) is 27.5. The van der Waals surface area contributed by atoms with Gasteiger partial charge in [-0.1, -0.05) is 11.7 Å². The summed E-state index contributed by atoms with van der Waals surface area (Å²) in [4.78, 5) is 28.8. The lowest BCUT2D eigenvalue weighted by Gasteiger charge is -2.39. The topological polar surface area (TPSA) is 208 Å². The van der Waals surface area contributed by atoms with Crippen molar-refractivity contribution in [3.05, 3.63) is 53.1 Å². The third kappa shape index (κ3) is 15.8. The van der Waals surface area contributed by atoms with Crippen LogP contribution in [0, 0.1) is 0 Å². The highest BCUT2D eigenvalue weighted by Crippen LogP contribution is 2.50. The van der Waals surface area contributed by atoms with E-state index in [1.807, 2.05) is 25.1 Å². The molecule has 63 heavy (non-hydrogen) atoms. The summed E-state index contributed by atoms with van der Waals surface area (Å²) in [6.07, 6.45) is 0.00498. The number of amides is 1. The van der Waals surface area contributed by atoms with Gasteiger partial charge in [-0.15, -0.1) is 0 Å². The molecule has 1 unspecified atom stereocenters. The molecule has 0 aliphatic carbocycles. The highest BCUT2D eigenvalue weighted by atomic mass is 16.6. The van der Waals surface area contributed by atoms with Crippen LogP contribution in [0.15, 0.2) is 41.6 Å². The number of aliphatic carboxylic acids is 1. The minimum Gasteiger partial charge on any atom is -0.493 e. The minimum absolute atomic E-state index is 0.0162. The number of carboxylic acid groups (broad SMARTS) is 1. The van der Waals surface area contributed by atoms with Crippen LogP contribution in [-0.4, -0.2) is 175 Å². The Labute approximate surface area is 368 Å². The van der Waals surface area contributed by atoms with Crippen LogP contribution >= 0.6 is 0 Å². The summed E-state index contributed by atoms with van der Waals surface area (Å²) in [7, 11) is 3.14. The summed E-state index contributed by atoms with van der Waals surface area (Å²) in [5, 5.41) is 15.9. The number of ether oxygens (including phenoxy) is 13. The molecule has 5 rings (SSSR count). The van der Waals surface area contributed by atoms with Crippen LogP contribution in [0.4, 0.5) is 0 Å². The number of carbonyl (C=O) groups is 2. The fourth-order valence-corrected chi connectivity index (χ4v) is 6.74. The molecule has 0 fully saturated rings. The molecule has 3 aliphatic rings. The summed E-state index contributed by atoms with van der Waals surface area (Å²) in [5.74, 6) is 1.47. The second-order valence-corrected chi connectivity index (χ2v) is 14.4. The van der Waals surface area contributed by atoms with Gasteiger partial charge in [0.05, 0.1) is 132 Å².